The smallest absolute Gasteiger partial charge is 0.212 e. The Labute approximate surface area is 185 Å². The molecule has 6 rings (SSSR count). The second-order valence-corrected chi connectivity index (χ2v) is 9.26. The first-order valence-electron chi connectivity index (χ1n) is 9.51. The Morgan fingerprint density at radius 1 is 0.967 bits per heavy atom. The van der Waals surface area contributed by atoms with Crippen molar-refractivity contribution in [1.29, 1.82) is 0 Å². The minimum absolute atomic E-state index is 0.0128. The van der Waals surface area contributed by atoms with E-state index in [9.17, 15) is 4.79 Å². The van der Waals surface area contributed by atoms with E-state index in [1.807, 2.05) is 59.3 Å². The second kappa shape index (κ2) is 6.45. The molecule has 0 unspecified atom stereocenters. The Bertz CT molecular complexity index is 1500. The van der Waals surface area contributed by atoms with E-state index in [4.69, 9.17) is 10.1 Å². The number of ketones is 1. The Kier molecular flexibility index (Phi) is 3.82. The van der Waals surface area contributed by atoms with Gasteiger partial charge in [-0.2, -0.15) is 5.10 Å². The molecular formula is C24H14BrN3OS. The van der Waals surface area contributed by atoms with E-state index in [-0.39, 0.29) is 5.78 Å². The first-order valence-corrected chi connectivity index (χ1v) is 11.1. The summed E-state index contributed by atoms with van der Waals surface area (Å²) in [5, 5.41) is 5.66. The van der Waals surface area contributed by atoms with Gasteiger partial charge in [-0.25, -0.2) is 9.67 Å². The molecule has 0 atom stereocenters. The molecule has 5 aromatic rings. The average molecular weight is 472 g/mol. The van der Waals surface area contributed by atoms with E-state index < -0.39 is 0 Å². The molecule has 0 fully saturated rings. The summed E-state index contributed by atoms with van der Waals surface area (Å²) in [4.78, 5) is 18.2. The van der Waals surface area contributed by atoms with Crippen molar-refractivity contribution in [1.82, 2.24) is 14.8 Å². The van der Waals surface area contributed by atoms with Crippen LogP contribution in [-0.4, -0.2) is 20.5 Å². The zero-order valence-corrected chi connectivity index (χ0v) is 18.3. The fourth-order valence-electron chi connectivity index (χ4n) is 3.99. The molecule has 3 aromatic carbocycles. The number of carbonyl (C=O) groups is 1. The SMILES string of the molecule is Cc1ccc2nc(-n3nc(-c4cccc(Br)c4)c4c3-c3ccccc3C4=O)sc2c1. The number of carbonyl (C=O) groups excluding carboxylic acids is 1. The van der Waals surface area contributed by atoms with Crippen LogP contribution in [0.5, 0.6) is 0 Å². The summed E-state index contributed by atoms with van der Waals surface area (Å²) in [5.41, 5.74) is 6.80. The predicted molar refractivity (Wildman–Crippen MR) is 123 cm³/mol. The van der Waals surface area contributed by atoms with Crippen molar-refractivity contribution in [3.63, 3.8) is 0 Å². The molecular weight excluding hydrogens is 458 g/mol. The molecule has 1 aliphatic carbocycles. The Hall–Kier alpha value is -3.09. The van der Waals surface area contributed by atoms with E-state index in [0.29, 0.717) is 16.8 Å². The lowest BCUT2D eigenvalue weighted by atomic mass is 10.0. The molecule has 0 bridgehead atoms. The minimum atomic E-state index is 0.0128. The summed E-state index contributed by atoms with van der Waals surface area (Å²) in [5.74, 6) is 0.0128. The van der Waals surface area contributed by atoms with Crippen molar-refractivity contribution in [3.05, 3.63) is 87.9 Å². The molecule has 2 heterocycles. The van der Waals surface area contributed by atoms with Crippen molar-refractivity contribution in [2.45, 2.75) is 6.92 Å². The highest BCUT2D eigenvalue weighted by molar-refractivity contribution is 9.10. The number of aromatic nitrogens is 3. The van der Waals surface area contributed by atoms with Crippen molar-refractivity contribution in [3.8, 4) is 27.6 Å². The van der Waals surface area contributed by atoms with Crippen LogP contribution in [0.3, 0.4) is 0 Å². The predicted octanol–water partition coefficient (Wildman–Crippen LogP) is 6.43. The molecule has 0 radical (unpaired) electrons. The van der Waals surface area contributed by atoms with Gasteiger partial charge in [0.1, 0.15) is 5.69 Å². The van der Waals surface area contributed by atoms with Crippen molar-refractivity contribution >= 4 is 43.3 Å². The second-order valence-electron chi connectivity index (χ2n) is 7.34. The van der Waals surface area contributed by atoms with Crippen LogP contribution in [0.4, 0.5) is 0 Å². The van der Waals surface area contributed by atoms with Crippen molar-refractivity contribution in [2.75, 3.05) is 0 Å². The zero-order valence-electron chi connectivity index (χ0n) is 15.9. The average Bonchev–Trinajstić information content (AvgIpc) is 3.41. The lowest BCUT2D eigenvalue weighted by molar-refractivity contribution is 0.104. The van der Waals surface area contributed by atoms with Crippen LogP contribution in [0.15, 0.2) is 71.2 Å². The van der Waals surface area contributed by atoms with Crippen LogP contribution in [-0.2, 0) is 0 Å². The number of benzene rings is 3. The first kappa shape index (κ1) is 17.7. The van der Waals surface area contributed by atoms with Crippen molar-refractivity contribution < 1.29 is 4.79 Å². The maximum Gasteiger partial charge on any atom is 0.212 e. The van der Waals surface area contributed by atoms with Gasteiger partial charge in [-0.1, -0.05) is 69.7 Å². The minimum Gasteiger partial charge on any atom is -0.288 e. The third-order valence-electron chi connectivity index (χ3n) is 5.35. The number of fused-ring (bicyclic) bond motifs is 4. The van der Waals surface area contributed by atoms with Crippen LogP contribution in [0, 0.1) is 6.92 Å². The van der Waals surface area contributed by atoms with E-state index in [1.165, 1.54) is 5.56 Å². The molecule has 30 heavy (non-hydrogen) atoms. The molecule has 0 saturated heterocycles. The fourth-order valence-corrected chi connectivity index (χ4v) is 5.41. The summed E-state index contributed by atoms with van der Waals surface area (Å²) >= 11 is 5.12. The quantitative estimate of drug-likeness (QED) is 0.292. The highest BCUT2D eigenvalue weighted by Gasteiger charge is 2.35. The number of thiazole rings is 1. The van der Waals surface area contributed by atoms with E-state index >= 15 is 0 Å². The third kappa shape index (κ3) is 2.54. The van der Waals surface area contributed by atoms with E-state index in [2.05, 4.69) is 35.0 Å². The summed E-state index contributed by atoms with van der Waals surface area (Å²) in [6.07, 6.45) is 0. The molecule has 144 valence electrons. The molecule has 0 saturated carbocycles. The van der Waals surface area contributed by atoms with E-state index in [1.54, 1.807) is 11.3 Å². The number of hydrogen-bond donors (Lipinski definition) is 0. The van der Waals surface area contributed by atoms with Gasteiger partial charge in [0.15, 0.2) is 5.78 Å². The van der Waals surface area contributed by atoms with Gasteiger partial charge in [-0.05, 0) is 36.8 Å². The number of nitrogens with zero attached hydrogens (tertiary/aromatic N) is 3. The highest BCUT2D eigenvalue weighted by Crippen LogP contribution is 2.43. The number of halogens is 1. The van der Waals surface area contributed by atoms with Crippen LogP contribution in [0.25, 0.3) is 37.9 Å². The Morgan fingerprint density at radius 2 is 1.80 bits per heavy atom. The number of aryl methyl sites for hydroxylation is 1. The van der Waals surface area contributed by atoms with Crippen LogP contribution in [0.2, 0.25) is 0 Å². The van der Waals surface area contributed by atoms with E-state index in [0.717, 1.165) is 36.6 Å². The Morgan fingerprint density at radius 3 is 2.63 bits per heavy atom. The monoisotopic (exact) mass is 471 g/mol. The normalized spacial score (nSPS) is 12.4. The Balaban J connectivity index is 1.67. The van der Waals surface area contributed by atoms with Gasteiger partial charge in [0.25, 0.3) is 0 Å². The van der Waals surface area contributed by atoms with Crippen molar-refractivity contribution in [2.24, 2.45) is 0 Å². The molecule has 1 aliphatic rings. The molecule has 6 heteroatoms. The summed E-state index contributed by atoms with van der Waals surface area (Å²) in [6.45, 7) is 2.07. The lowest BCUT2D eigenvalue weighted by Crippen LogP contribution is -2.00. The summed E-state index contributed by atoms with van der Waals surface area (Å²) < 4.78 is 3.90. The first-order chi connectivity index (χ1) is 14.6. The van der Waals surface area contributed by atoms with Gasteiger partial charge < -0.3 is 0 Å². The third-order valence-corrected chi connectivity index (χ3v) is 6.84. The fraction of sp³-hybridized carbons (Fsp3) is 0.0417. The largest absolute Gasteiger partial charge is 0.288 e. The van der Waals surface area contributed by atoms with Gasteiger partial charge in [0.05, 0.1) is 21.5 Å². The molecule has 0 aliphatic heterocycles. The van der Waals surface area contributed by atoms with Gasteiger partial charge in [0.2, 0.25) is 5.13 Å². The van der Waals surface area contributed by atoms with Gasteiger partial charge in [-0.15, -0.1) is 0 Å². The maximum absolute atomic E-state index is 13.3. The number of rotatable bonds is 2. The zero-order chi connectivity index (χ0) is 20.4. The molecule has 0 spiro atoms. The standard InChI is InChI=1S/C24H14BrN3OS/c1-13-9-10-18-19(11-13)30-24(26-18)28-22-16-7-2-3-8-17(16)23(29)20(22)21(27-28)14-5-4-6-15(25)12-14/h2-12H,1H3. The maximum atomic E-state index is 13.3. The summed E-state index contributed by atoms with van der Waals surface area (Å²) in [6, 6.07) is 21.8. The molecule has 0 N–H and O–H groups in total. The molecule has 2 aromatic heterocycles. The van der Waals surface area contributed by atoms with Crippen LogP contribution in [0.1, 0.15) is 21.5 Å². The highest BCUT2D eigenvalue weighted by atomic mass is 79.9. The molecule has 0 amide bonds. The van der Waals surface area contributed by atoms with Gasteiger partial charge >= 0.3 is 0 Å². The van der Waals surface area contributed by atoms with Gasteiger partial charge in [0, 0.05) is 21.2 Å². The van der Waals surface area contributed by atoms with Gasteiger partial charge in [-0.3, -0.25) is 4.79 Å². The summed E-state index contributed by atoms with van der Waals surface area (Å²) in [7, 11) is 0. The van der Waals surface area contributed by atoms with Crippen LogP contribution < -0.4 is 0 Å². The molecule has 4 nitrogen and oxygen atoms in total. The lowest BCUT2D eigenvalue weighted by Gasteiger charge is -2.03. The topological polar surface area (TPSA) is 47.8 Å². The number of hydrogen-bond acceptors (Lipinski definition) is 4. The van der Waals surface area contributed by atoms with Crippen LogP contribution >= 0.6 is 27.3 Å².